The molecule has 31 heavy (non-hydrogen) atoms. The van der Waals surface area contributed by atoms with Crippen LogP contribution in [0.15, 0.2) is 72.8 Å². The molecule has 0 saturated heterocycles. The number of hydrogen-bond donors (Lipinski definition) is 2. The van der Waals surface area contributed by atoms with E-state index in [0.717, 1.165) is 5.56 Å². The van der Waals surface area contributed by atoms with E-state index >= 15 is 0 Å². The fraction of sp³-hybridized carbons (Fsp3) is 0.130. The van der Waals surface area contributed by atoms with Crippen molar-refractivity contribution in [3.8, 4) is 17.2 Å². The van der Waals surface area contributed by atoms with Crippen LogP contribution in [0.25, 0.3) is 0 Å². The molecule has 1 aliphatic rings. The lowest BCUT2D eigenvalue weighted by Gasteiger charge is -2.25. The summed E-state index contributed by atoms with van der Waals surface area (Å²) in [6, 6.07) is 19.5. The van der Waals surface area contributed by atoms with Crippen molar-refractivity contribution < 1.29 is 28.2 Å². The van der Waals surface area contributed by atoms with Gasteiger partial charge in [0.05, 0.1) is 5.56 Å². The van der Waals surface area contributed by atoms with Crippen LogP contribution in [0.1, 0.15) is 15.9 Å². The molecule has 7 nitrogen and oxygen atoms in total. The molecule has 2 amide bonds. The lowest BCUT2D eigenvalue weighted by molar-refractivity contribution is -0.131. The van der Waals surface area contributed by atoms with Crippen LogP contribution < -0.4 is 25.1 Å². The normalized spacial score (nSPS) is 14.4. The number of para-hydroxylation sites is 3. The van der Waals surface area contributed by atoms with Gasteiger partial charge in [-0.3, -0.25) is 20.4 Å². The second-order valence-electron chi connectivity index (χ2n) is 6.72. The van der Waals surface area contributed by atoms with E-state index in [4.69, 9.17) is 14.2 Å². The number of amides is 2. The minimum absolute atomic E-state index is 0.0239. The first-order valence-corrected chi connectivity index (χ1v) is 9.55. The van der Waals surface area contributed by atoms with Crippen LogP contribution in [0.4, 0.5) is 4.39 Å². The molecule has 4 rings (SSSR count). The first-order valence-electron chi connectivity index (χ1n) is 9.55. The van der Waals surface area contributed by atoms with Crippen LogP contribution in [0.5, 0.6) is 17.2 Å². The topological polar surface area (TPSA) is 85.9 Å². The third-order valence-corrected chi connectivity index (χ3v) is 4.54. The minimum Gasteiger partial charge on any atom is -0.488 e. The number of hydrazine groups is 1. The first-order chi connectivity index (χ1) is 15.1. The Kier molecular flexibility index (Phi) is 5.98. The maximum Gasteiger partial charge on any atom is 0.283 e. The van der Waals surface area contributed by atoms with Gasteiger partial charge in [0.15, 0.2) is 11.5 Å². The zero-order chi connectivity index (χ0) is 21.6. The number of nitrogens with one attached hydrogen (secondary N) is 2. The summed E-state index contributed by atoms with van der Waals surface area (Å²) in [6.07, 6.45) is -0.903. The lowest BCUT2D eigenvalue weighted by Crippen LogP contribution is -2.50. The van der Waals surface area contributed by atoms with Crippen molar-refractivity contribution in [1.29, 1.82) is 0 Å². The summed E-state index contributed by atoms with van der Waals surface area (Å²) in [5.41, 5.74) is 5.69. The molecule has 2 N–H and O–H groups in total. The quantitative estimate of drug-likeness (QED) is 0.618. The van der Waals surface area contributed by atoms with Crippen molar-refractivity contribution in [3.63, 3.8) is 0 Å². The Bertz CT molecular complexity index is 1090. The Hall–Kier alpha value is -4.07. The molecule has 3 aromatic carbocycles. The molecule has 1 atom stereocenters. The van der Waals surface area contributed by atoms with Gasteiger partial charge in [-0.15, -0.1) is 0 Å². The zero-order valence-electron chi connectivity index (χ0n) is 16.3. The minimum atomic E-state index is -0.903. The van der Waals surface area contributed by atoms with Crippen molar-refractivity contribution in [2.24, 2.45) is 0 Å². The van der Waals surface area contributed by atoms with Crippen LogP contribution in [0.3, 0.4) is 0 Å². The van der Waals surface area contributed by atoms with Gasteiger partial charge in [-0.05, 0) is 42.0 Å². The Balaban J connectivity index is 1.34. The van der Waals surface area contributed by atoms with Crippen molar-refractivity contribution >= 4 is 11.8 Å². The van der Waals surface area contributed by atoms with Crippen LogP contribution in [-0.2, 0) is 11.4 Å². The van der Waals surface area contributed by atoms with Gasteiger partial charge in [0.1, 0.15) is 24.8 Å². The largest absolute Gasteiger partial charge is 0.488 e. The Morgan fingerprint density at radius 2 is 1.65 bits per heavy atom. The summed E-state index contributed by atoms with van der Waals surface area (Å²) < 4.78 is 29.9. The van der Waals surface area contributed by atoms with Crippen LogP contribution in [0.2, 0.25) is 0 Å². The summed E-state index contributed by atoms with van der Waals surface area (Å²) in [5.74, 6) is -0.102. The van der Waals surface area contributed by atoms with Gasteiger partial charge in [0.25, 0.3) is 11.8 Å². The first kappa shape index (κ1) is 20.2. The summed E-state index contributed by atoms with van der Waals surface area (Å²) >= 11 is 0. The molecule has 3 aromatic rings. The van der Waals surface area contributed by atoms with Crippen molar-refractivity contribution in [2.45, 2.75) is 12.7 Å². The lowest BCUT2D eigenvalue weighted by atomic mass is 10.2. The molecule has 0 bridgehead atoms. The SMILES string of the molecule is O=C(NNC(=O)C1COc2ccccc2O1)c1ccccc1OCc1ccc(F)cc1. The molecular weight excluding hydrogens is 403 g/mol. The average Bonchev–Trinajstić information content (AvgIpc) is 2.82. The highest BCUT2D eigenvalue weighted by atomic mass is 19.1. The van der Waals surface area contributed by atoms with E-state index in [0.29, 0.717) is 17.2 Å². The van der Waals surface area contributed by atoms with Gasteiger partial charge in [0.2, 0.25) is 6.10 Å². The Morgan fingerprint density at radius 3 is 2.45 bits per heavy atom. The number of carbonyl (C=O) groups is 2. The molecule has 0 saturated carbocycles. The maximum absolute atomic E-state index is 13.0. The van der Waals surface area contributed by atoms with Gasteiger partial charge < -0.3 is 14.2 Å². The van der Waals surface area contributed by atoms with E-state index in [1.54, 1.807) is 60.7 Å². The van der Waals surface area contributed by atoms with E-state index in [1.165, 1.54) is 12.1 Å². The molecule has 0 aliphatic carbocycles. The third kappa shape index (κ3) is 4.92. The highest BCUT2D eigenvalue weighted by molar-refractivity contribution is 5.98. The molecule has 158 valence electrons. The molecule has 1 unspecified atom stereocenters. The fourth-order valence-electron chi connectivity index (χ4n) is 2.94. The molecule has 0 spiro atoms. The van der Waals surface area contributed by atoms with E-state index in [-0.39, 0.29) is 24.6 Å². The highest BCUT2D eigenvalue weighted by Gasteiger charge is 2.27. The predicted octanol–water partition coefficient (Wildman–Crippen LogP) is 3.01. The number of rotatable bonds is 5. The predicted molar refractivity (Wildman–Crippen MR) is 109 cm³/mol. The van der Waals surface area contributed by atoms with E-state index < -0.39 is 17.9 Å². The van der Waals surface area contributed by atoms with Crippen molar-refractivity contribution in [1.82, 2.24) is 10.9 Å². The summed E-state index contributed by atoms with van der Waals surface area (Å²) in [7, 11) is 0. The molecule has 8 heteroatoms. The number of carbonyl (C=O) groups excluding carboxylic acids is 2. The van der Waals surface area contributed by atoms with Gasteiger partial charge >= 0.3 is 0 Å². The molecule has 0 radical (unpaired) electrons. The number of halogens is 1. The molecular formula is C23H19FN2O5. The van der Waals surface area contributed by atoms with Gasteiger partial charge in [-0.25, -0.2) is 4.39 Å². The standard InChI is InChI=1S/C23H19FN2O5/c24-16-11-9-15(10-12-16)13-29-18-6-2-1-5-17(18)22(27)25-26-23(28)21-14-30-19-7-3-4-8-20(19)31-21/h1-12,21H,13-14H2,(H,25,27)(H,26,28). The Morgan fingerprint density at radius 1 is 0.935 bits per heavy atom. The van der Waals surface area contributed by atoms with Crippen LogP contribution in [-0.4, -0.2) is 24.5 Å². The summed E-state index contributed by atoms with van der Waals surface area (Å²) in [5, 5.41) is 0. The number of hydrogen-bond acceptors (Lipinski definition) is 5. The summed E-state index contributed by atoms with van der Waals surface area (Å²) in [4.78, 5) is 25.0. The average molecular weight is 422 g/mol. The fourth-order valence-corrected chi connectivity index (χ4v) is 2.94. The second kappa shape index (κ2) is 9.17. The van der Waals surface area contributed by atoms with Crippen molar-refractivity contribution in [3.05, 3.63) is 89.7 Å². The number of benzene rings is 3. The zero-order valence-corrected chi connectivity index (χ0v) is 16.3. The molecule has 0 aromatic heterocycles. The van der Waals surface area contributed by atoms with Crippen LogP contribution >= 0.6 is 0 Å². The molecule has 0 fully saturated rings. The van der Waals surface area contributed by atoms with Gasteiger partial charge in [0, 0.05) is 0 Å². The van der Waals surface area contributed by atoms with Gasteiger partial charge in [-0.2, -0.15) is 0 Å². The highest BCUT2D eigenvalue weighted by Crippen LogP contribution is 2.30. The third-order valence-electron chi connectivity index (χ3n) is 4.54. The smallest absolute Gasteiger partial charge is 0.283 e. The number of ether oxygens (including phenoxy) is 3. The summed E-state index contributed by atoms with van der Waals surface area (Å²) in [6.45, 7) is 0.180. The maximum atomic E-state index is 13.0. The number of fused-ring (bicyclic) bond motifs is 1. The van der Waals surface area contributed by atoms with Gasteiger partial charge in [-0.1, -0.05) is 36.4 Å². The van der Waals surface area contributed by atoms with E-state index in [2.05, 4.69) is 10.9 Å². The Labute approximate surface area is 177 Å². The van der Waals surface area contributed by atoms with Crippen LogP contribution in [0, 0.1) is 5.82 Å². The molecule has 1 aliphatic heterocycles. The monoisotopic (exact) mass is 422 g/mol. The second-order valence-corrected chi connectivity index (χ2v) is 6.72. The van der Waals surface area contributed by atoms with E-state index in [1.807, 2.05) is 0 Å². The molecule has 1 heterocycles. The van der Waals surface area contributed by atoms with Crippen molar-refractivity contribution in [2.75, 3.05) is 6.61 Å². The van der Waals surface area contributed by atoms with E-state index in [9.17, 15) is 14.0 Å².